The molecule has 35 heavy (non-hydrogen) atoms. The van der Waals surface area contributed by atoms with Gasteiger partial charge < -0.3 is 0 Å². The zero-order valence-electron chi connectivity index (χ0n) is 19.9. The van der Waals surface area contributed by atoms with Gasteiger partial charge in [-0.3, -0.25) is 0 Å². The van der Waals surface area contributed by atoms with Gasteiger partial charge in [0, 0.05) is 15.4 Å². The molecule has 0 aliphatic heterocycles. The van der Waals surface area contributed by atoms with Crippen LogP contribution in [-0.4, -0.2) is 8.42 Å². The maximum Gasteiger partial charge on any atom is 0.149 e. The van der Waals surface area contributed by atoms with Crippen LogP contribution in [0.4, 0.5) is 4.39 Å². The van der Waals surface area contributed by atoms with Crippen LogP contribution in [0.3, 0.4) is 0 Å². The number of alkyl halides is 1. The van der Waals surface area contributed by atoms with Crippen molar-refractivity contribution in [2.75, 3.05) is 0 Å². The molecular weight excluding hydrogens is 477 g/mol. The first-order valence-electron chi connectivity index (χ1n) is 11.3. The van der Waals surface area contributed by atoms with Crippen LogP contribution < -0.4 is 4.72 Å². The summed E-state index contributed by atoms with van der Waals surface area (Å²) >= 11 is 0. The summed E-state index contributed by atoms with van der Waals surface area (Å²) in [5.41, 5.74) is 1.69. The van der Waals surface area contributed by atoms with Gasteiger partial charge in [0.1, 0.15) is 17.2 Å². The zero-order chi connectivity index (χ0) is 25.0. The van der Waals surface area contributed by atoms with E-state index in [1.54, 1.807) is 55.5 Å². The van der Waals surface area contributed by atoms with Crippen molar-refractivity contribution < 1.29 is 12.8 Å². The molecule has 4 aromatic rings. The van der Waals surface area contributed by atoms with Crippen LogP contribution in [-0.2, 0) is 27.3 Å². The second-order valence-corrected chi connectivity index (χ2v) is 11.4. The molecule has 1 N–H and O–H groups in total. The highest BCUT2D eigenvalue weighted by Gasteiger charge is 2.40. The van der Waals surface area contributed by atoms with Crippen LogP contribution in [0.15, 0.2) is 118 Å². The van der Waals surface area contributed by atoms with E-state index in [1.807, 2.05) is 68.4 Å². The molecule has 0 fully saturated rings. The zero-order valence-corrected chi connectivity index (χ0v) is 21.5. The van der Waals surface area contributed by atoms with Crippen molar-refractivity contribution in [3.63, 3.8) is 0 Å². The molecule has 3 nitrogen and oxygen atoms in total. The van der Waals surface area contributed by atoms with E-state index in [-0.39, 0.29) is 0 Å². The third-order valence-corrected chi connectivity index (χ3v) is 8.83. The van der Waals surface area contributed by atoms with Gasteiger partial charge in [0.15, 0.2) is 0 Å². The normalized spacial score (nSPS) is 15.7. The molecule has 0 bridgehead atoms. The van der Waals surface area contributed by atoms with Crippen LogP contribution in [0.2, 0.25) is 0 Å². The van der Waals surface area contributed by atoms with Gasteiger partial charge in [-0.2, -0.15) is 0 Å². The lowest BCUT2D eigenvalue weighted by Gasteiger charge is -2.35. The van der Waals surface area contributed by atoms with Crippen LogP contribution >= 0.6 is 0 Å². The van der Waals surface area contributed by atoms with Crippen LogP contribution in [0.5, 0.6) is 0 Å². The third kappa shape index (κ3) is 5.50. The Kier molecular flexibility index (Phi) is 7.75. The van der Waals surface area contributed by atoms with E-state index in [2.05, 4.69) is 4.72 Å². The minimum absolute atomic E-state index is 0.297. The van der Waals surface area contributed by atoms with E-state index in [0.29, 0.717) is 25.8 Å². The average Bonchev–Trinajstić information content (AvgIpc) is 2.89. The molecular formula is C29H28FNO2S2. The molecule has 0 saturated carbocycles. The predicted octanol–water partition coefficient (Wildman–Crippen LogP) is 6.71. The first-order valence-corrected chi connectivity index (χ1v) is 13.6. The Morgan fingerprint density at radius 3 is 1.83 bits per heavy atom. The topological polar surface area (TPSA) is 46.2 Å². The summed E-state index contributed by atoms with van der Waals surface area (Å²) in [5.74, 6) is 0. The van der Waals surface area contributed by atoms with E-state index in [9.17, 15) is 8.42 Å². The molecule has 0 radical (unpaired) electrons. The summed E-state index contributed by atoms with van der Waals surface area (Å²) in [4.78, 5) is 1.56. The molecule has 0 heterocycles. The Morgan fingerprint density at radius 1 is 0.714 bits per heavy atom. The van der Waals surface area contributed by atoms with Gasteiger partial charge in [0.2, 0.25) is 0 Å². The first-order chi connectivity index (χ1) is 16.8. The summed E-state index contributed by atoms with van der Waals surface area (Å²) in [5, 5.41) is 0. The fourth-order valence-electron chi connectivity index (χ4n) is 3.91. The molecule has 0 spiro atoms. The Labute approximate surface area is 211 Å². The van der Waals surface area contributed by atoms with Crippen molar-refractivity contribution in [1.29, 1.82) is 0 Å². The van der Waals surface area contributed by atoms with Crippen molar-refractivity contribution in [2.24, 2.45) is 0 Å². The second-order valence-electron chi connectivity index (χ2n) is 8.73. The van der Waals surface area contributed by atoms with Crippen molar-refractivity contribution in [3.05, 3.63) is 125 Å². The number of benzene rings is 4. The van der Waals surface area contributed by atoms with Gasteiger partial charge in [0.05, 0.1) is 21.2 Å². The van der Waals surface area contributed by atoms with E-state index >= 15 is 4.39 Å². The van der Waals surface area contributed by atoms with Gasteiger partial charge >= 0.3 is 0 Å². The minimum atomic E-state index is -1.68. The predicted molar refractivity (Wildman–Crippen MR) is 141 cm³/mol. The summed E-state index contributed by atoms with van der Waals surface area (Å²) in [6, 6.07) is 30.7. The second kappa shape index (κ2) is 10.8. The lowest BCUT2D eigenvalue weighted by molar-refractivity contribution is 0.189. The lowest BCUT2D eigenvalue weighted by atomic mass is 9.85. The maximum atomic E-state index is 16.7. The molecule has 6 heteroatoms. The van der Waals surface area contributed by atoms with E-state index in [0.717, 1.165) is 11.1 Å². The average molecular weight is 506 g/mol. The van der Waals surface area contributed by atoms with Gasteiger partial charge in [-0.15, -0.1) is 0 Å². The van der Waals surface area contributed by atoms with Crippen molar-refractivity contribution in [2.45, 2.75) is 47.2 Å². The molecule has 0 aliphatic rings. The van der Waals surface area contributed by atoms with E-state index in [1.165, 1.54) is 0 Å². The number of nitrogens with one attached hydrogen (secondary N) is 1. The van der Waals surface area contributed by atoms with Gasteiger partial charge in [-0.25, -0.2) is 17.5 Å². The Balaban J connectivity index is 1.76. The summed E-state index contributed by atoms with van der Waals surface area (Å²) < 4.78 is 46.5. The summed E-state index contributed by atoms with van der Waals surface area (Å²) in [6.45, 7) is 5.62. The Bertz CT molecular complexity index is 1340. The monoisotopic (exact) mass is 505 g/mol. The van der Waals surface area contributed by atoms with Crippen LogP contribution in [0.25, 0.3) is 0 Å². The van der Waals surface area contributed by atoms with Crippen LogP contribution in [0.1, 0.15) is 35.3 Å². The number of hydrogen-bond acceptors (Lipinski definition) is 2. The smallest absolute Gasteiger partial charge is 0.149 e. The lowest BCUT2D eigenvalue weighted by Crippen LogP contribution is -2.44. The number of rotatable bonds is 8. The van der Waals surface area contributed by atoms with E-state index < -0.39 is 33.5 Å². The maximum absolute atomic E-state index is 16.7. The standard InChI is InChI=1S/C29H28FNO2S2/c1-21-13-17-24(18-14-21)34(32)27-12-8-7-11-26(27)28(30)29(3,23-9-5-4-6-10-23)31-35(33)25-19-15-22(2)16-20-25/h4-20,28,31H,1-3H3/t28-,29+,34-,35?/m0/s1. The van der Waals surface area contributed by atoms with Gasteiger partial charge in [-0.05, 0) is 56.7 Å². The quantitative estimate of drug-likeness (QED) is 0.289. The SMILES string of the molecule is Cc1ccc(S(=O)N[C@](C)(c2ccccc2)[C@@H](F)c2ccccc2[S@@](=O)c2ccc(C)cc2)cc1. The molecule has 0 amide bonds. The largest absolute Gasteiger partial charge is 0.249 e. The summed E-state index contributed by atoms with van der Waals surface area (Å²) in [6.07, 6.45) is -1.63. The molecule has 4 rings (SSSR count). The first kappa shape index (κ1) is 25.2. The number of hydrogen-bond donors (Lipinski definition) is 1. The van der Waals surface area contributed by atoms with Gasteiger partial charge in [-0.1, -0.05) is 83.9 Å². The molecule has 0 aromatic heterocycles. The molecule has 0 aliphatic carbocycles. The number of aryl methyl sites for hydroxylation is 2. The Hall–Kier alpha value is -2.93. The number of halogens is 1. The minimum Gasteiger partial charge on any atom is -0.249 e. The van der Waals surface area contributed by atoms with E-state index in [4.69, 9.17) is 0 Å². The fourth-order valence-corrected chi connectivity index (χ4v) is 6.25. The van der Waals surface area contributed by atoms with Gasteiger partial charge in [0.25, 0.3) is 0 Å². The molecule has 4 aromatic carbocycles. The van der Waals surface area contributed by atoms with Crippen molar-refractivity contribution in [3.8, 4) is 0 Å². The van der Waals surface area contributed by atoms with Crippen molar-refractivity contribution in [1.82, 2.24) is 4.72 Å². The highest BCUT2D eigenvalue weighted by atomic mass is 32.2. The molecule has 1 unspecified atom stereocenters. The van der Waals surface area contributed by atoms with Crippen molar-refractivity contribution >= 4 is 21.8 Å². The highest BCUT2D eigenvalue weighted by Crippen LogP contribution is 2.41. The Morgan fingerprint density at radius 2 is 1.23 bits per heavy atom. The molecule has 0 saturated heterocycles. The molecule has 4 atom stereocenters. The summed E-state index contributed by atoms with van der Waals surface area (Å²) in [7, 11) is -3.25. The van der Waals surface area contributed by atoms with Crippen LogP contribution in [0, 0.1) is 13.8 Å². The third-order valence-electron chi connectivity index (χ3n) is 6.05. The highest BCUT2D eigenvalue weighted by molar-refractivity contribution is 7.85. The molecule has 180 valence electrons. The fraction of sp³-hybridized carbons (Fsp3) is 0.172.